The molecule has 0 aromatic heterocycles. The van der Waals surface area contributed by atoms with Crippen molar-refractivity contribution >= 4 is 39.9 Å². The van der Waals surface area contributed by atoms with Gasteiger partial charge in [0.15, 0.2) is 0 Å². The van der Waals surface area contributed by atoms with Gasteiger partial charge >= 0.3 is 0 Å². The molecule has 0 saturated carbocycles. The van der Waals surface area contributed by atoms with E-state index in [1.807, 2.05) is 32.0 Å². The molecule has 0 atom stereocenters. The smallest absolute Gasteiger partial charge is 0.226 e. The molecule has 0 radical (unpaired) electrons. The second-order valence-corrected chi connectivity index (χ2v) is 5.67. The topological polar surface area (TPSA) is 41.1 Å². The Bertz CT molecular complexity index is 415. The zero-order valence-corrected chi connectivity index (χ0v) is 10.9. The lowest BCUT2D eigenvalue weighted by Gasteiger charge is -2.24. The van der Waals surface area contributed by atoms with Crippen molar-refractivity contribution in [3.05, 3.63) is 21.8 Å². The van der Waals surface area contributed by atoms with Crippen molar-refractivity contribution in [1.29, 1.82) is 0 Å². The first kappa shape index (κ1) is 10.7. The van der Waals surface area contributed by atoms with Gasteiger partial charge in [0, 0.05) is 15.5 Å². The molecule has 1 aliphatic rings. The van der Waals surface area contributed by atoms with E-state index < -0.39 is 0 Å². The molecule has 1 aliphatic heterocycles. The van der Waals surface area contributed by atoms with E-state index in [-0.39, 0.29) is 11.4 Å². The van der Waals surface area contributed by atoms with Crippen molar-refractivity contribution in [2.45, 2.75) is 25.8 Å². The van der Waals surface area contributed by atoms with Crippen LogP contribution in [0.25, 0.3) is 0 Å². The molecule has 0 spiro atoms. The summed E-state index contributed by atoms with van der Waals surface area (Å²) in [7, 11) is 0. The summed E-state index contributed by atoms with van der Waals surface area (Å²) in [6, 6.07) is 6.01. The van der Waals surface area contributed by atoms with E-state index in [2.05, 4.69) is 33.2 Å². The van der Waals surface area contributed by atoms with Crippen LogP contribution in [0, 0.1) is 3.57 Å². The zero-order chi connectivity index (χ0) is 11.1. The van der Waals surface area contributed by atoms with Gasteiger partial charge in [-0.05, 0) is 54.6 Å². The number of carbonyl (C=O) groups excluding carboxylic acids is 1. The van der Waals surface area contributed by atoms with Crippen LogP contribution in [-0.2, 0) is 4.79 Å². The third-order valence-corrected chi connectivity index (χ3v) is 3.00. The van der Waals surface area contributed by atoms with Crippen molar-refractivity contribution in [2.75, 3.05) is 10.6 Å². The lowest BCUT2D eigenvalue weighted by Crippen LogP contribution is -2.32. The van der Waals surface area contributed by atoms with Crippen LogP contribution in [0.15, 0.2) is 18.2 Å². The standard InChI is InChI=1S/C11H13IN2O/c1-11(2)6-10(15)13-9-5-7(12)3-4-8(9)14-11/h3-5,14H,6H2,1-2H3,(H,13,15). The van der Waals surface area contributed by atoms with Crippen molar-refractivity contribution in [3.63, 3.8) is 0 Å². The van der Waals surface area contributed by atoms with Crippen LogP contribution >= 0.6 is 22.6 Å². The van der Waals surface area contributed by atoms with E-state index in [1.165, 1.54) is 0 Å². The van der Waals surface area contributed by atoms with Gasteiger partial charge in [-0.3, -0.25) is 4.79 Å². The van der Waals surface area contributed by atoms with Crippen molar-refractivity contribution < 1.29 is 4.79 Å². The normalized spacial score (nSPS) is 18.5. The lowest BCUT2D eigenvalue weighted by atomic mass is 10.0. The number of benzene rings is 1. The van der Waals surface area contributed by atoms with E-state index in [0.717, 1.165) is 14.9 Å². The van der Waals surface area contributed by atoms with Gasteiger partial charge in [-0.2, -0.15) is 0 Å². The van der Waals surface area contributed by atoms with E-state index in [9.17, 15) is 4.79 Å². The second-order valence-electron chi connectivity index (χ2n) is 4.42. The summed E-state index contributed by atoms with van der Waals surface area (Å²) in [6.07, 6.45) is 0.484. The number of nitrogens with one attached hydrogen (secondary N) is 2. The first-order valence-corrected chi connectivity index (χ1v) is 5.92. The number of fused-ring (bicyclic) bond motifs is 1. The largest absolute Gasteiger partial charge is 0.378 e. The quantitative estimate of drug-likeness (QED) is 0.723. The first-order chi connectivity index (χ1) is 6.96. The van der Waals surface area contributed by atoms with Gasteiger partial charge < -0.3 is 10.6 Å². The van der Waals surface area contributed by atoms with E-state index in [4.69, 9.17) is 0 Å². The Morgan fingerprint density at radius 1 is 1.33 bits per heavy atom. The van der Waals surface area contributed by atoms with Crippen molar-refractivity contribution in [1.82, 2.24) is 0 Å². The Balaban J connectivity index is 2.45. The zero-order valence-electron chi connectivity index (χ0n) is 8.73. The summed E-state index contributed by atoms with van der Waals surface area (Å²) in [5.41, 5.74) is 1.67. The summed E-state index contributed by atoms with van der Waals surface area (Å²) < 4.78 is 1.12. The minimum atomic E-state index is -0.192. The predicted octanol–water partition coefficient (Wildman–Crippen LogP) is 2.82. The summed E-state index contributed by atoms with van der Waals surface area (Å²) in [5, 5.41) is 6.28. The van der Waals surface area contributed by atoms with Crippen LogP contribution in [0.4, 0.5) is 11.4 Å². The van der Waals surface area contributed by atoms with Crippen LogP contribution < -0.4 is 10.6 Å². The first-order valence-electron chi connectivity index (χ1n) is 4.84. The fourth-order valence-electron chi connectivity index (χ4n) is 1.73. The summed E-state index contributed by atoms with van der Waals surface area (Å²) in [4.78, 5) is 11.6. The Labute approximate surface area is 103 Å². The molecule has 1 amide bonds. The molecule has 0 saturated heterocycles. The Hall–Kier alpha value is -0.780. The fourth-order valence-corrected chi connectivity index (χ4v) is 2.22. The summed E-state index contributed by atoms with van der Waals surface area (Å²) in [6.45, 7) is 4.05. The van der Waals surface area contributed by atoms with Gasteiger partial charge in [-0.1, -0.05) is 0 Å². The highest BCUT2D eigenvalue weighted by molar-refractivity contribution is 14.1. The van der Waals surface area contributed by atoms with Gasteiger partial charge in [-0.25, -0.2) is 0 Å². The molecule has 0 fully saturated rings. The molecule has 0 bridgehead atoms. The van der Waals surface area contributed by atoms with Crippen LogP contribution in [0.2, 0.25) is 0 Å². The fraction of sp³-hybridized carbons (Fsp3) is 0.364. The van der Waals surface area contributed by atoms with Gasteiger partial charge in [0.2, 0.25) is 5.91 Å². The second kappa shape index (κ2) is 3.66. The molecule has 80 valence electrons. The highest BCUT2D eigenvalue weighted by Gasteiger charge is 2.26. The number of halogens is 1. The predicted molar refractivity (Wildman–Crippen MR) is 70.1 cm³/mol. The number of hydrogen-bond acceptors (Lipinski definition) is 2. The average Bonchev–Trinajstić information content (AvgIpc) is 2.18. The maximum absolute atomic E-state index is 11.6. The number of carbonyl (C=O) groups is 1. The molecule has 1 heterocycles. The molecule has 2 N–H and O–H groups in total. The molecule has 2 rings (SSSR count). The maximum atomic E-state index is 11.6. The van der Waals surface area contributed by atoms with Gasteiger partial charge in [-0.15, -0.1) is 0 Å². The minimum absolute atomic E-state index is 0.0632. The molecule has 1 aromatic rings. The Kier molecular flexibility index (Phi) is 2.62. The van der Waals surface area contributed by atoms with Crippen LogP contribution in [0.3, 0.4) is 0 Å². The van der Waals surface area contributed by atoms with Gasteiger partial charge in [0.25, 0.3) is 0 Å². The lowest BCUT2D eigenvalue weighted by molar-refractivity contribution is -0.116. The van der Waals surface area contributed by atoms with E-state index in [1.54, 1.807) is 0 Å². The number of amides is 1. The highest BCUT2D eigenvalue weighted by atomic mass is 127. The van der Waals surface area contributed by atoms with Crippen molar-refractivity contribution in [3.8, 4) is 0 Å². The Morgan fingerprint density at radius 2 is 2.07 bits per heavy atom. The van der Waals surface area contributed by atoms with Gasteiger partial charge in [0.1, 0.15) is 0 Å². The summed E-state index contributed by atoms with van der Waals surface area (Å²) >= 11 is 2.24. The maximum Gasteiger partial charge on any atom is 0.226 e. The Morgan fingerprint density at radius 3 is 2.80 bits per heavy atom. The monoisotopic (exact) mass is 316 g/mol. The molecule has 4 heteroatoms. The minimum Gasteiger partial charge on any atom is -0.378 e. The summed E-state index contributed by atoms with van der Waals surface area (Å²) in [5.74, 6) is 0.0632. The average molecular weight is 316 g/mol. The van der Waals surface area contributed by atoms with E-state index >= 15 is 0 Å². The number of rotatable bonds is 0. The van der Waals surface area contributed by atoms with E-state index in [0.29, 0.717) is 6.42 Å². The SMILES string of the molecule is CC1(C)CC(=O)Nc2cc(I)ccc2N1. The molecule has 15 heavy (non-hydrogen) atoms. The molecule has 3 nitrogen and oxygen atoms in total. The van der Waals surface area contributed by atoms with Crippen molar-refractivity contribution in [2.24, 2.45) is 0 Å². The van der Waals surface area contributed by atoms with Gasteiger partial charge in [0.05, 0.1) is 11.4 Å². The molecule has 0 unspecified atom stereocenters. The van der Waals surface area contributed by atoms with Crippen LogP contribution in [0.5, 0.6) is 0 Å². The number of hydrogen-bond donors (Lipinski definition) is 2. The molecular weight excluding hydrogens is 303 g/mol. The molecule has 0 aliphatic carbocycles. The highest BCUT2D eigenvalue weighted by Crippen LogP contribution is 2.31. The third-order valence-electron chi connectivity index (χ3n) is 2.33. The van der Waals surface area contributed by atoms with Crippen LogP contribution in [-0.4, -0.2) is 11.4 Å². The molecular formula is C11H13IN2O. The van der Waals surface area contributed by atoms with Crippen LogP contribution in [0.1, 0.15) is 20.3 Å². The number of anilines is 2. The third kappa shape index (κ3) is 2.42. The molecule has 1 aromatic carbocycles.